The predicted molar refractivity (Wildman–Crippen MR) is 78.0 cm³/mol. The van der Waals surface area contributed by atoms with Crippen LogP contribution in [0.2, 0.25) is 0 Å². The standard InChI is InChI=1S/C13H30NO4P/c1-2-3-4-5-6-7-8-9-10-12-17-19(15,16)18-13-11-14/h2-14H2,1H3,(H,15,16). The molecule has 0 aromatic carbocycles. The Balaban J connectivity index is 3.24. The smallest absolute Gasteiger partial charge is 0.328 e. The average molecular weight is 295 g/mol. The van der Waals surface area contributed by atoms with Crippen molar-refractivity contribution in [2.24, 2.45) is 5.73 Å². The molecule has 116 valence electrons. The van der Waals surface area contributed by atoms with E-state index in [9.17, 15) is 9.46 Å². The maximum absolute atomic E-state index is 11.3. The van der Waals surface area contributed by atoms with Crippen molar-refractivity contribution in [3.05, 3.63) is 0 Å². The molecule has 0 bridgehead atoms. The van der Waals surface area contributed by atoms with E-state index < -0.39 is 7.82 Å². The zero-order chi connectivity index (χ0) is 14.4. The maximum Gasteiger partial charge on any atom is 0.472 e. The Morgan fingerprint density at radius 1 is 0.895 bits per heavy atom. The van der Waals surface area contributed by atoms with Crippen molar-refractivity contribution in [1.29, 1.82) is 0 Å². The number of unbranched alkanes of at least 4 members (excludes halogenated alkanes) is 8. The summed E-state index contributed by atoms with van der Waals surface area (Å²) in [5, 5.41) is 0. The van der Waals surface area contributed by atoms with E-state index in [0.29, 0.717) is 0 Å². The van der Waals surface area contributed by atoms with Crippen LogP contribution < -0.4 is 5.73 Å². The molecule has 0 saturated carbocycles. The fraction of sp³-hybridized carbons (Fsp3) is 1.00. The maximum atomic E-state index is 11.3. The highest BCUT2D eigenvalue weighted by Gasteiger charge is 2.19. The van der Waals surface area contributed by atoms with Crippen molar-refractivity contribution in [3.63, 3.8) is 0 Å². The van der Waals surface area contributed by atoms with Gasteiger partial charge in [-0.25, -0.2) is 4.57 Å². The summed E-state index contributed by atoms with van der Waals surface area (Å²) in [5.74, 6) is 0. The lowest BCUT2D eigenvalue weighted by atomic mass is 10.1. The largest absolute Gasteiger partial charge is 0.472 e. The topological polar surface area (TPSA) is 81.8 Å². The highest BCUT2D eigenvalue weighted by Crippen LogP contribution is 2.42. The summed E-state index contributed by atoms with van der Waals surface area (Å²) < 4.78 is 20.7. The van der Waals surface area contributed by atoms with E-state index in [-0.39, 0.29) is 19.8 Å². The lowest BCUT2D eigenvalue weighted by molar-refractivity contribution is 0.150. The van der Waals surface area contributed by atoms with Gasteiger partial charge in [-0.2, -0.15) is 0 Å². The first kappa shape index (κ1) is 19.1. The number of hydrogen-bond acceptors (Lipinski definition) is 4. The van der Waals surface area contributed by atoms with Crippen molar-refractivity contribution in [2.45, 2.75) is 64.7 Å². The molecule has 0 rings (SSSR count). The van der Waals surface area contributed by atoms with Crippen LogP contribution in [-0.4, -0.2) is 24.7 Å². The van der Waals surface area contributed by atoms with Gasteiger partial charge in [0.2, 0.25) is 0 Å². The van der Waals surface area contributed by atoms with Crippen LogP contribution in [0.5, 0.6) is 0 Å². The molecule has 0 spiro atoms. The normalized spacial score (nSPS) is 14.5. The molecule has 6 heteroatoms. The molecule has 0 aromatic heterocycles. The molecule has 0 radical (unpaired) electrons. The number of phosphoric ester groups is 1. The molecule has 0 aliphatic heterocycles. The molecule has 0 heterocycles. The molecule has 19 heavy (non-hydrogen) atoms. The van der Waals surface area contributed by atoms with Gasteiger partial charge >= 0.3 is 7.82 Å². The third-order valence-electron chi connectivity index (χ3n) is 2.87. The van der Waals surface area contributed by atoms with Crippen LogP contribution in [0.15, 0.2) is 0 Å². The molecule has 0 amide bonds. The van der Waals surface area contributed by atoms with Gasteiger partial charge in [-0.1, -0.05) is 58.3 Å². The Morgan fingerprint density at radius 2 is 1.37 bits per heavy atom. The second-order valence-electron chi connectivity index (χ2n) is 4.75. The molecule has 1 atom stereocenters. The van der Waals surface area contributed by atoms with E-state index in [0.717, 1.165) is 19.3 Å². The summed E-state index contributed by atoms with van der Waals surface area (Å²) in [5.41, 5.74) is 5.18. The molecular formula is C13H30NO4P. The van der Waals surface area contributed by atoms with E-state index in [1.807, 2.05) is 0 Å². The van der Waals surface area contributed by atoms with Crippen LogP contribution in [0.1, 0.15) is 64.7 Å². The van der Waals surface area contributed by atoms with Gasteiger partial charge in [-0.15, -0.1) is 0 Å². The minimum atomic E-state index is -3.86. The van der Waals surface area contributed by atoms with E-state index in [1.165, 1.54) is 38.5 Å². The summed E-state index contributed by atoms with van der Waals surface area (Å²) >= 11 is 0. The summed E-state index contributed by atoms with van der Waals surface area (Å²) in [6.07, 6.45) is 10.8. The molecule has 0 fully saturated rings. The summed E-state index contributed by atoms with van der Waals surface area (Å²) in [6, 6.07) is 0. The van der Waals surface area contributed by atoms with Crippen LogP contribution in [0.4, 0.5) is 0 Å². The van der Waals surface area contributed by atoms with Gasteiger partial charge < -0.3 is 10.6 Å². The average Bonchev–Trinajstić information content (AvgIpc) is 2.38. The number of phosphoric acid groups is 1. The van der Waals surface area contributed by atoms with Crippen LogP contribution in [0.25, 0.3) is 0 Å². The third-order valence-corrected chi connectivity index (χ3v) is 3.89. The van der Waals surface area contributed by atoms with Gasteiger partial charge in [0.05, 0.1) is 13.2 Å². The van der Waals surface area contributed by atoms with Crippen molar-refractivity contribution >= 4 is 7.82 Å². The van der Waals surface area contributed by atoms with Crippen molar-refractivity contribution < 1.29 is 18.5 Å². The van der Waals surface area contributed by atoms with Gasteiger partial charge in [-0.05, 0) is 6.42 Å². The lowest BCUT2D eigenvalue weighted by Crippen LogP contribution is -2.08. The summed E-state index contributed by atoms with van der Waals surface area (Å²) in [6.45, 7) is 2.75. The Kier molecular flexibility index (Phi) is 13.1. The fourth-order valence-corrected chi connectivity index (χ4v) is 2.57. The Morgan fingerprint density at radius 3 is 1.89 bits per heavy atom. The van der Waals surface area contributed by atoms with Crippen LogP contribution in [-0.2, 0) is 13.6 Å². The lowest BCUT2D eigenvalue weighted by Gasteiger charge is -2.11. The Hall–Kier alpha value is 0.0700. The van der Waals surface area contributed by atoms with Gasteiger partial charge in [0, 0.05) is 6.54 Å². The highest BCUT2D eigenvalue weighted by atomic mass is 31.2. The third kappa shape index (κ3) is 14.3. The Bertz CT molecular complexity index is 239. The molecule has 3 N–H and O–H groups in total. The molecule has 5 nitrogen and oxygen atoms in total. The SMILES string of the molecule is CCCCCCCCCCCOP(=O)(O)OCCN. The zero-order valence-corrected chi connectivity index (χ0v) is 13.1. The predicted octanol–water partition coefficient (Wildman–Crippen LogP) is 3.61. The van der Waals surface area contributed by atoms with Crippen LogP contribution in [0.3, 0.4) is 0 Å². The van der Waals surface area contributed by atoms with Crippen molar-refractivity contribution in [1.82, 2.24) is 0 Å². The first-order valence-corrected chi connectivity index (χ1v) is 8.94. The van der Waals surface area contributed by atoms with Gasteiger partial charge in [-0.3, -0.25) is 9.05 Å². The number of rotatable bonds is 14. The first-order valence-electron chi connectivity index (χ1n) is 7.44. The van der Waals surface area contributed by atoms with E-state index in [2.05, 4.69) is 11.4 Å². The molecule has 0 aliphatic carbocycles. The van der Waals surface area contributed by atoms with E-state index in [1.54, 1.807) is 0 Å². The van der Waals surface area contributed by atoms with Gasteiger partial charge in [0.25, 0.3) is 0 Å². The molecule has 0 saturated heterocycles. The zero-order valence-electron chi connectivity index (χ0n) is 12.2. The van der Waals surface area contributed by atoms with E-state index in [4.69, 9.17) is 10.3 Å². The monoisotopic (exact) mass is 295 g/mol. The highest BCUT2D eigenvalue weighted by molar-refractivity contribution is 7.47. The molecule has 0 aliphatic rings. The minimum Gasteiger partial charge on any atom is -0.328 e. The first-order chi connectivity index (χ1) is 9.12. The quantitative estimate of drug-likeness (QED) is 0.378. The van der Waals surface area contributed by atoms with E-state index >= 15 is 0 Å². The summed E-state index contributed by atoms with van der Waals surface area (Å²) in [7, 11) is -3.86. The number of hydrogen-bond donors (Lipinski definition) is 2. The summed E-state index contributed by atoms with van der Waals surface area (Å²) in [4.78, 5) is 9.22. The van der Waals surface area contributed by atoms with Crippen LogP contribution in [0, 0.1) is 0 Å². The second kappa shape index (κ2) is 13.1. The molecule has 1 unspecified atom stereocenters. The minimum absolute atomic E-state index is 0.0472. The molecular weight excluding hydrogens is 265 g/mol. The van der Waals surface area contributed by atoms with Crippen molar-refractivity contribution in [3.8, 4) is 0 Å². The Labute approximate surface area is 117 Å². The second-order valence-corrected chi connectivity index (χ2v) is 6.21. The van der Waals surface area contributed by atoms with Crippen LogP contribution >= 0.6 is 7.82 Å². The fourth-order valence-electron chi connectivity index (χ4n) is 1.80. The van der Waals surface area contributed by atoms with Gasteiger partial charge in [0.1, 0.15) is 0 Å². The van der Waals surface area contributed by atoms with Gasteiger partial charge in [0.15, 0.2) is 0 Å². The van der Waals surface area contributed by atoms with Crippen molar-refractivity contribution in [2.75, 3.05) is 19.8 Å². The number of nitrogens with two attached hydrogens (primary N) is 1. The molecule has 0 aromatic rings.